The Bertz CT molecular complexity index is 753. The minimum absolute atomic E-state index is 0.0101. The van der Waals surface area contributed by atoms with E-state index >= 15 is 0 Å². The largest absolute Gasteiger partial charge is 0.508 e. The standard InChI is InChI=1S/C16H14O6/c1-21-14-5-8(2-3-11(14)18)13-6-9-4-10(17)7-12(19)15(9)16(20)22-13/h2-5,7,13,17-19H,6H2,1H3/t13-/m0/s1. The van der Waals surface area contributed by atoms with E-state index in [-0.39, 0.29) is 28.6 Å². The van der Waals surface area contributed by atoms with Crippen molar-refractivity contribution in [3.8, 4) is 23.0 Å². The zero-order chi connectivity index (χ0) is 15.9. The topological polar surface area (TPSA) is 96.2 Å². The number of ether oxygens (including phenoxy) is 2. The molecule has 0 saturated carbocycles. The van der Waals surface area contributed by atoms with Gasteiger partial charge in [0, 0.05) is 12.5 Å². The number of rotatable bonds is 2. The number of carbonyl (C=O) groups excluding carboxylic acids is 1. The molecule has 0 saturated heterocycles. The number of hydrogen-bond donors (Lipinski definition) is 3. The third-order valence-electron chi connectivity index (χ3n) is 3.62. The molecule has 3 N–H and O–H groups in total. The van der Waals surface area contributed by atoms with Crippen LogP contribution in [0.1, 0.15) is 27.6 Å². The summed E-state index contributed by atoms with van der Waals surface area (Å²) in [7, 11) is 1.43. The van der Waals surface area contributed by atoms with Crippen molar-refractivity contribution in [2.24, 2.45) is 0 Å². The van der Waals surface area contributed by atoms with Gasteiger partial charge in [0.25, 0.3) is 0 Å². The highest BCUT2D eigenvalue weighted by Crippen LogP contribution is 2.38. The molecular formula is C16H14O6. The third-order valence-corrected chi connectivity index (χ3v) is 3.62. The monoisotopic (exact) mass is 302 g/mol. The molecular weight excluding hydrogens is 288 g/mol. The predicted octanol–water partition coefficient (Wildman–Crippen LogP) is 2.27. The van der Waals surface area contributed by atoms with Gasteiger partial charge in [-0.1, -0.05) is 6.07 Å². The van der Waals surface area contributed by atoms with Gasteiger partial charge in [-0.05, 0) is 29.3 Å². The van der Waals surface area contributed by atoms with Crippen LogP contribution in [-0.2, 0) is 11.2 Å². The molecule has 6 heteroatoms. The number of esters is 1. The second-order valence-electron chi connectivity index (χ2n) is 5.03. The number of cyclic esters (lactones) is 1. The highest BCUT2D eigenvalue weighted by atomic mass is 16.5. The second-order valence-corrected chi connectivity index (χ2v) is 5.03. The number of hydrogen-bond acceptors (Lipinski definition) is 6. The lowest BCUT2D eigenvalue weighted by molar-refractivity contribution is 0.0248. The predicted molar refractivity (Wildman–Crippen MR) is 76.3 cm³/mol. The molecule has 114 valence electrons. The van der Waals surface area contributed by atoms with Crippen molar-refractivity contribution in [1.82, 2.24) is 0 Å². The van der Waals surface area contributed by atoms with Crippen molar-refractivity contribution in [2.75, 3.05) is 7.11 Å². The van der Waals surface area contributed by atoms with E-state index in [9.17, 15) is 20.1 Å². The van der Waals surface area contributed by atoms with Crippen molar-refractivity contribution in [1.29, 1.82) is 0 Å². The molecule has 22 heavy (non-hydrogen) atoms. The summed E-state index contributed by atoms with van der Waals surface area (Å²) in [6.07, 6.45) is -0.285. The maximum absolute atomic E-state index is 12.1. The van der Waals surface area contributed by atoms with Gasteiger partial charge in [-0.25, -0.2) is 4.79 Å². The van der Waals surface area contributed by atoms with Crippen LogP contribution in [0.25, 0.3) is 0 Å². The summed E-state index contributed by atoms with van der Waals surface area (Å²) in [4.78, 5) is 12.1. The number of carbonyl (C=O) groups is 1. The summed E-state index contributed by atoms with van der Waals surface area (Å²) in [5.74, 6) is -0.812. The lowest BCUT2D eigenvalue weighted by atomic mass is 9.93. The Balaban J connectivity index is 2.00. The van der Waals surface area contributed by atoms with Crippen LogP contribution in [0.3, 0.4) is 0 Å². The number of phenolic OH excluding ortho intramolecular Hbond substituents is 3. The molecule has 1 heterocycles. The van der Waals surface area contributed by atoms with Crippen LogP contribution in [0.4, 0.5) is 0 Å². The van der Waals surface area contributed by atoms with Crippen molar-refractivity contribution >= 4 is 5.97 Å². The van der Waals surface area contributed by atoms with Gasteiger partial charge in [-0.3, -0.25) is 0 Å². The average Bonchev–Trinajstić information content (AvgIpc) is 2.46. The van der Waals surface area contributed by atoms with E-state index in [1.54, 1.807) is 12.1 Å². The molecule has 0 spiro atoms. The Hall–Kier alpha value is -2.89. The summed E-state index contributed by atoms with van der Waals surface area (Å²) in [5, 5.41) is 29.0. The first kappa shape index (κ1) is 14.1. The fraction of sp³-hybridized carbons (Fsp3) is 0.188. The molecule has 0 aromatic heterocycles. The molecule has 0 unspecified atom stereocenters. The molecule has 3 rings (SSSR count). The average molecular weight is 302 g/mol. The van der Waals surface area contributed by atoms with Gasteiger partial charge in [-0.2, -0.15) is 0 Å². The fourth-order valence-electron chi connectivity index (χ4n) is 2.58. The lowest BCUT2D eigenvalue weighted by Gasteiger charge is -2.26. The highest BCUT2D eigenvalue weighted by molar-refractivity contribution is 5.95. The first-order valence-electron chi connectivity index (χ1n) is 6.62. The van der Waals surface area contributed by atoms with Crippen molar-refractivity contribution in [3.05, 3.63) is 47.0 Å². The molecule has 0 bridgehead atoms. The maximum atomic E-state index is 12.1. The number of aromatic hydroxyl groups is 3. The van der Waals surface area contributed by atoms with Crippen molar-refractivity contribution in [2.45, 2.75) is 12.5 Å². The van der Waals surface area contributed by atoms with E-state index in [4.69, 9.17) is 9.47 Å². The minimum Gasteiger partial charge on any atom is -0.508 e. The number of methoxy groups -OCH3 is 1. The Morgan fingerprint density at radius 3 is 2.64 bits per heavy atom. The summed E-state index contributed by atoms with van der Waals surface area (Å²) in [5.41, 5.74) is 1.22. The smallest absolute Gasteiger partial charge is 0.342 e. The third kappa shape index (κ3) is 2.28. The van der Waals surface area contributed by atoms with Crippen LogP contribution in [0, 0.1) is 0 Å². The van der Waals surface area contributed by atoms with E-state index in [1.807, 2.05) is 0 Å². The first-order chi connectivity index (χ1) is 10.5. The molecule has 0 amide bonds. The highest BCUT2D eigenvalue weighted by Gasteiger charge is 2.31. The molecule has 0 radical (unpaired) electrons. The maximum Gasteiger partial charge on any atom is 0.342 e. The van der Waals surface area contributed by atoms with Gasteiger partial charge < -0.3 is 24.8 Å². The van der Waals surface area contributed by atoms with Crippen LogP contribution in [0.2, 0.25) is 0 Å². The number of phenols is 3. The second kappa shape index (κ2) is 5.14. The summed E-state index contributed by atoms with van der Waals surface area (Å²) >= 11 is 0. The van der Waals surface area contributed by atoms with E-state index in [0.29, 0.717) is 17.5 Å². The Labute approximate surface area is 126 Å². The van der Waals surface area contributed by atoms with Gasteiger partial charge in [0.2, 0.25) is 0 Å². The van der Waals surface area contributed by atoms with Crippen LogP contribution in [-0.4, -0.2) is 28.4 Å². The summed E-state index contributed by atoms with van der Waals surface area (Å²) in [6.45, 7) is 0. The first-order valence-corrected chi connectivity index (χ1v) is 6.62. The molecule has 0 aliphatic carbocycles. The SMILES string of the molecule is COc1cc([C@@H]2Cc3cc(O)cc(O)c3C(=O)O2)ccc1O. The quantitative estimate of drug-likeness (QED) is 0.736. The molecule has 0 fully saturated rings. The molecule has 6 nitrogen and oxygen atoms in total. The van der Waals surface area contributed by atoms with E-state index in [0.717, 1.165) is 6.07 Å². The van der Waals surface area contributed by atoms with E-state index in [2.05, 4.69) is 0 Å². The Morgan fingerprint density at radius 1 is 1.14 bits per heavy atom. The van der Waals surface area contributed by atoms with Gasteiger partial charge in [0.05, 0.1) is 7.11 Å². The van der Waals surface area contributed by atoms with Gasteiger partial charge in [0.1, 0.15) is 23.2 Å². The summed E-state index contributed by atoms with van der Waals surface area (Å²) < 4.78 is 10.4. The fourth-order valence-corrected chi connectivity index (χ4v) is 2.58. The van der Waals surface area contributed by atoms with Gasteiger partial charge in [-0.15, -0.1) is 0 Å². The summed E-state index contributed by atoms with van der Waals surface area (Å²) in [6, 6.07) is 7.20. The van der Waals surface area contributed by atoms with Crippen LogP contribution >= 0.6 is 0 Å². The Morgan fingerprint density at radius 2 is 1.91 bits per heavy atom. The van der Waals surface area contributed by atoms with Gasteiger partial charge >= 0.3 is 5.97 Å². The molecule has 1 aliphatic rings. The molecule has 1 atom stereocenters. The Kier molecular flexibility index (Phi) is 3.29. The van der Waals surface area contributed by atoms with Crippen molar-refractivity contribution < 1.29 is 29.6 Å². The van der Waals surface area contributed by atoms with Crippen molar-refractivity contribution in [3.63, 3.8) is 0 Å². The lowest BCUT2D eigenvalue weighted by Crippen LogP contribution is -2.22. The number of fused-ring (bicyclic) bond motifs is 1. The minimum atomic E-state index is -0.657. The zero-order valence-electron chi connectivity index (χ0n) is 11.7. The molecule has 2 aromatic rings. The molecule has 2 aromatic carbocycles. The van der Waals surface area contributed by atoms with Crippen LogP contribution in [0.5, 0.6) is 23.0 Å². The van der Waals surface area contributed by atoms with E-state index < -0.39 is 12.1 Å². The van der Waals surface area contributed by atoms with Gasteiger partial charge in [0.15, 0.2) is 11.5 Å². The van der Waals surface area contributed by atoms with E-state index in [1.165, 1.54) is 19.2 Å². The molecule has 1 aliphatic heterocycles. The van der Waals surface area contributed by atoms with Crippen LogP contribution < -0.4 is 4.74 Å². The van der Waals surface area contributed by atoms with Crippen LogP contribution in [0.15, 0.2) is 30.3 Å². The normalized spacial score (nSPS) is 16.8. The number of benzene rings is 2. The zero-order valence-corrected chi connectivity index (χ0v) is 11.7.